The molecule has 21 heavy (non-hydrogen) atoms. The molecule has 2 aromatic carbocycles. The summed E-state index contributed by atoms with van der Waals surface area (Å²) >= 11 is 2.53. The van der Waals surface area contributed by atoms with E-state index in [0.29, 0.717) is 0 Å². The molecule has 0 unspecified atom stereocenters. The van der Waals surface area contributed by atoms with Crippen molar-refractivity contribution in [3.05, 3.63) is 65.2 Å². The topological polar surface area (TPSA) is 3.24 Å². The summed E-state index contributed by atoms with van der Waals surface area (Å²) in [5.41, 5.74) is 6.70. The lowest BCUT2D eigenvalue weighted by atomic mass is 9.95. The molecule has 108 valence electrons. The quantitative estimate of drug-likeness (QED) is 0.342. The van der Waals surface area contributed by atoms with E-state index in [2.05, 4.69) is 103 Å². The summed E-state index contributed by atoms with van der Waals surface area (Å²) in [6.45, 7) is 7.69. The zero-order valence-corrected chi connectivity index (χ0v) is 14.9. The van der Waals surface area contributed by atoms with Crippen molar-refractivity contribution in [2.24, 2.45) is 0 Å². The second kappa shape index (κ2) is 5.48. The van der Waals surface area contributed by atoms with Gasteiger partial charge in [-0.05, 0) is 55.2 Å². The highest BCUT2D eigenvalue weighted by molar-refractivity contribution is 14.1. The molecule has 1 heterocycles. The van der Waals surface area contributed by atoms with Crippen LogP contribution in [-0.4, -0.2) is 3.55 Å². The first-order valence-electron chi connectivity index (χ1n) is 7.29. The maximum absolute atomic E-state index is 2.53. The summed E-state index contributed by atoms with van der Waals surface area (Å²) in [5, 5.41) is 0. The van der Waals surface area contributed by atoms with Crippen LogP contribution in [0.15, 0.2) is 48.5 Å². The van der Waals surface area contributed by atoms with Crippen LogP contribution >= 0.6 is 22.6 Å². The number of fused-ring (bicyclic) bond motifs is 2. The van der Waals surface area contributed by atoms with Gasteiger partial charge in [0, 0.05) is 12.2 Å². The molecule has 0 atom stereocenters. The largest absolute Gasteiger partial charge is 0.353 e. The number of para-hydroxylation sites is 1. The summed E-state index contributed by atoms with van der Waals surface area (Å²) in [6.07, 6.45) is 2.31. The first-order chi connectivity index (χ1) is 9.97. The van der Waals surface area contributed by atoms with Crippen LogP contribution in [0.1, 0.15) is 37.5 Å². The van der Waals surface area contributed by atoms with Crippen LogP contribution in [0.2, 0.25) is 0 Å². The highest BCUT2D eigenvalue weighted by Gasteiger charge is 2.27. The average molecular weight is 389 g/mol. The Labute approximate surface area is 140 Å². The predicted molar refractivity (Wildman–Crippen MR) is 101 cm³/mol. The van der Waals surface area contributed by atoms with E-state index in [-0.39, 0.29) is 3.55 Å². The SMILES string of the molecule is C/C1=C/c2ccccc2N(C(C)(C)I)Cc2ccccc21. The van der Waals surface area contributed by atoms with Crippen molar-refractivity contribution in [2.75, 3.05) is 4.90 Å². The van der Waals surface area contributed by atoms with Gasteiger partial charge >= 0.3 is 0 Å². The van der Waals surface area contributed by atoms with Gasteiger partial charge in [-0.25, -0.2) is 0 Å². The Morgan fingerprint density at radius 1 is 1.00 bits per heavy atom. The van der Waals surface area contributed by atoms with E-state index < -0.39 is 0 Å². The average Bonchev–Trinajstić information content (AvgIpc) is 2.43. The van der Waals surface area contributed by atoms with Gasteiger partial charge in [-0.15, -0.1) is 0 Å². The molecule has 1 nitrogen and oxygen atoms in total. The maximum Gasteiger partial charge on any atom is 0.0865 e. The zero-order chi connectivity index (χ0) is 15.0. The first-order valence-corrected chi connectivity index (χ1v) is 8.37. The van der Waals surface area contributed by atoms with E-state index in [4.69, 9.17) is 0 Å². The van der Waals surface area contributed by atoms with Crippen LogP contribution < -0.4 is 4.90 Å². The van der Waals surface area contributed by atoms with Gasteiger partial charge in [0.2, 0.25) is 0 Å². The predicted octanol–water partition coefficient (Wildman–Crippen LogP) is 5.74. The number of allylic oxidation sites excluding steroid dienone is 1. The molecule has 0 aromatic heterocycles. The number of rotatable bonds is 1. The highest BCUT2D eigenvalue weighted by Crippen LogP contribution is 2.38. The third-order valence-electron chi connectivity index (χ3n) is 4.01. The third kappa shape index (κ3) is 2.86. The Morgan fingerprint density at radius 2 is 1.67 bits per heavy atom. The van der Waals surface area contributed by atoms with Gasteiger partial charge in [0.05, 0.1) is 3.55 Å². The zero-order valence-electron chi connectivity index (χ0n) is 12.7. The van der Waals surface area contributed by atoms with Gasteiger partial charge in [0.1, 0.15) is 0 Å². The molecular weight excluding hydrogens is 369 g/mol. The Balaban J connectivity index is 2.26. The van der Waals surface area contributed by atoms with E-state index in [9.17, 15) is 0 Å². The Kier molecular flexibility index (Phi) is 3.82. The minimum Gasteiger partial charge on any atom is -0.353 e. The number of anilines is 1. The summed E-state index contributed by atoms with van der Waals surface area (Å²) in [4.78, 5) is 2.49. The molecule has 0 fully saturated rings. The Morgan fingerprint density at radius 3 is 2.43 bits per heavy atom. The van der Waals surface area contributed by atoms with E-state index in [1.807, 2.05) is 0 Å². The highest BCUT2D eigenvalue weighted by atomic mass is 127. The molecule has 2 heteroatoms. The fourth-order valence-electron chi connectivity index (χ4n) is 2.94. The lowest BCUT2D eigenvalue weighted by Crippen LogP contribution is -2.39. The Bertz CT molecular complexity index is 695. The van der Waals surface area contributed by atoms with Crippen molar-refractivity contribution in [2.45, 2.75) is 30.9 Å². The smallest absolute Gasteiger partial charge is 0.0865 e. The van der Waals surface area contributed by atoms with Gasteiger partial charge in [0.15, 0.2) is 0 Å². The molecular formula is C19H20IN. The second-order valence-electron chi connectivity index (χ2n) is 6.04. The minimum absolute atomic E-state index is 0.0556. The minimum atomic E-state index is 0.0556. The standard InChI is InChI=1S/C19H20IN/c1-14-12-15-8-5-7-11-18(15)21(19(2,3)20)13-16-9-4-6-10-17(14)16/h4-12H,13H2,1-3H3/b14-12-. The van der Waals surface area contributed by atoms with Crippen LogP contribution in [0.4, 0.5) is 5.69 Å². The summed E-state index contributed by atoms with van der Waals surface area (Å²) in [7, 11) is 0. The van der Waals surface area contributed by atoms with Crippen LogP contribution in [0, 0.1) is 0 Å². The van der Waals surface area contributed by atoms with Gasteiger partial charge in [0.25, 0.3) is 0 Å². The van der Waals surface area contributed by atoms with Crippen molar-refractivity contribution in [1.29, 1.82) is 0 Å². The number of hydrogen-bond donors (Lipinski definition) is 0. The van der Waals surface area contributed by atoms with E-state index in [1.54, 1.807) is 0 Å². The molecule has 0 saturated heterocycles. The molecule has 0 radical (unpaired) electrons. The summed E-state index contributed by atoms with van der Waals surface area (Å²) in [6, 6.07) is 17.4. The Hall–Kier alpha value is -1.29. The van der Waals surface area contributed by atoms with Crippen LogP contribution in [0.25, 0.3) is 11.6 Å². The van der Waals surface area contributed by atoms with E-state index in [1.165, 1.54) is 28.0 Å². The number of halogens is 1. The normalized spacial score (nSPS) is 17.1. The van der Waals surface area contributed by atoms with Crippen LogP contribution in [-0.2, 0) is 6.54 Å². The van der Waals surface area contributed by atoms with Gasteiger partial charge in [-0.2, -0.15) is 0 Å². The second-order valence-corrected chi connectivity index (χ2v) is 8.68. The van der Waals surface area contributed by atoms with Crippen molar-refractivity contribution < 1.29 is 0 Å². The monoisotopic (exact) mass is 389 g/mol. The number of hydrogen-bond acceptors (Lipinski definition) is 1. The molecule has 3 rings (SSSR count). The lowest BCUT2D eigenvalue weighted by Gasteiger charge is -2.38. The number of benzene rings is 2. The van der Waals surface area contributed by atoms with Crippen molar-refractivity contribution in [3.8, 4) is 0 Å². The fourth-order valence-corrected chi connectivity index (χ4v) is 3.37. The lowest BCUT2D eigenvalue weighted by molar-refractivity contribution is 0.657. The molecule has 0 spiro atoms. The summed E-state index contributed by atoms with van der Waals surface area (Å²) in [5.74, 6) is 0. The molecule has 0 amide bonds. The number of nitrogens with zero attached hydrogens (tertiary/aromatic N) is 1. The molecule has 1 aliphatic rings. The van der Waals surface area contributed by atoms with Crippen molar-refractivity contribution >= 4 is 39.9 Å². The van der Waals surface area contributed by atoms with Crippen molar-refractivity contribution in [3.63, 3.8) is 0 Å². The van der Waals surface area contributed by atoms with Gasteiger partial charge in [-0.1, -0.05) is 65.1 Å². The first kappa shape index (κ1) is 14.6. The molecule has 0 saturated carbocycles. The van der Waals surface area contributed by atoms with Gasteiger partial charge in [-0.3, -0.25) is 0 Å². The molecule has 0 N–H and O–H groups in total. The van der Waals surface area contributed by atoms with Gasteiger partial charge < -0.3 is 4.90 Å². The number of alkyl halides is 1. The van der Waals surface area contributed by atoms with E-state index >= 15 is 0 Å². The maximum atomic E-state index is 2.53. The fraction of sp³-hybridized carbons (Fsp3) is 0.263. The van der Waals surface area contributed by atoms with Crippen LogP contribution in [0.3, 0.4) is 0 Å². The van der Waals surface area contributed by atoms with Crippen molar-refractivity contribution in [1.82, 2.24) is 0 Å². The summed E-state index contributed by atoms with van der Waals surface area (Å²) < 4.78 is 0.0556. The van der Waals surface area contributed by atoms with Crippen LogP contribution in [0.5, 0.6) is 0 Å². The molecule has 0 bridgehead atoms. The van der Waals surface area contributed by atoms with E-state index in [0.717, 1.165) is 6.54 Å². The third-order valence-corrected chi connectivity index (χ3v) is 4.59. The molecule has 1 aliphatic heterocycles. The molecule has 2 aromatic rings. The molecule has 0 aliphatic carbocycles.